The van der Waals surface area contributed by atoms with Crippen LogP contribution in [0.3, 0.4) is 0 Å². The van der Waals surface area contributed by atoms with E-state index in [0.717, 1.165) is 5.69 Å². The molecule has 172 valence electrons. The van der Waals surface area contributed by atoms with Gasteiger partial charge in [-0.1, -0.05) is 18.2 Å². The van der Waals surface area contributed by atoms with E-state index in [4.69, 9.17) is 19.9 Å². The molecule has 0 fully saturated rings. The van der Waals surface area contributed by atoms with E-state index in [1.807, 2.05) is 43.4 Å². The highest BCUT2D eigenvalue weighted by atomic mass is 16.5. The summed E-state index contributed by atoms with van der Waals surface area (Å²) in [6, 6.07) is 7.46. The highest BCUT2D eigenvalue weighted by molar-refractivity contribution is 5.31. The molecule has 3 aromatic rings. The molecule has 0 aliphatic rings. The Bertz CT molecular complexity index is 1120. The Morgan fingerprint density at radius 2 is 1.91 bits per heavy atom. The standard InChI is InChI=1S/C23H27N7O3/c1-4-8-18(31-2)19(32-3)10-7-11-20-28-23(24)29-30(20)21-15-22(27-16-26-21)33-14-12-17-9-5-6-13-25-17/h4-10,13,15-16H,11-12,14H2,1-3H3,(H2,24,29)/b8-4-,10-7+,19-18-. The first-order valence-corrected chi connectivity index (χ1v) is 10.3. The van der Waals surface area contributed by atoms with Gasteiger partial charge in [-0.05, 0) is 31.2 Å². The lowest BCUT2D eigenvalue weighted by Gasteiger charge is -2.08. The molecule has 0 amide bonds. The predicted octanol–water partition coefficient (Wildman–Crippen LogP) is 2.84. The van der Waals surface area contributed by atoms with Crippen LogP contribution in [0.15, 0.2) is 72.6 Å². The molecule has 0 bridgehead atoms. The Hall–Kier alpha value is -4.21. The molecule has 0 saturated heterocycles. The van der Waals surface area contributed by atoms with E-state index in [-0.39, 0.29) is 5.95 Å². The second-order valence-electron chi connectivity index (χ2n) is 6.68. The van der Waals surface area contributed by atoms with Crippen LogP contribution in [0.1, 0.15) is 18.4 Å². The first-order chi connectivity index (χ1) is 16.1. The molecule has 10 heteroatoms. The van der Waals surface area contributed by atoms with Crippen molar-refractivity contribution < 1.29 is 14.2 Å². The summed E-state index contributed by atoms with van der Waals surface area (Å²) in [5.74, 6) is 2.86. The fraction of sp³-hybridized carbons (Fsp3) is 0.261. The van der Waals surface area contributed by atoms with Crippen molar-refractivity contribution in [3.05, 3.63) is 84.1 Å². The van der Waals surface area contributed by atoms with Crippen LogP contribution in [0.4, 0.5) is 5.95 Å². The third kappa shape index (κ3) is 6.63. The molecule has 0 aromatic carbocycles. The molecular weight excluding hydrogens is 422 g/mol. The molecule has 0 radical (unpaired) electrons. The van der Waals surface area contributed by atoms with Crippen molar-refractivity contribution in [3.8, 4) is 11.7 Å². The van der Waals surface area contributed by atoms with Crippen LogP contribution in [0.5, 0.6) is 5.88 Å². The number of hydrogen-bond donors (Lipinski definition) is 1. The fourth-order valence-corrected chi connectivity index (χ4v) is 2.93. The van der Waals surface area contributed by atoms with E-state index in [2.05, 4.69) is 25.0 Å². The second kappa shape index (κ2) is 12.0. The molecular formula is C23H27N7O3. The van der Waals surface area contributed by atoms with Crippen molar-refractivity contribution in [1.82, 2.24) is 29.7 Å². The number of anilines is 1. The maximum atomic E-state index is 5.85. The molecule has 0 aliphatic heterocycles. The Labute approximate surface area is 192 Å². The molecule has 10 nitrogen and oxygen atoms in total. The van der Waals surface area contributed by atoms with Gasteiger partial charge in [-0.3, -0.25) is 4.98 Å². The third-order valence-electron chi connectivity index (χ3n) is 4.44. The van der Waals surface area contributed by atoms with Crippen molar-refractivity contribution in [3.63, 3.8) is 0 Å². The maximum Gasteiger partial charge on any atom is 0.240 e. The van der Waals surface area contributed by atoms with Crippen molar-refractivity contribution in [2.24, 2.45) is 0 Å². The SMILES string of the molecule is C\C=C/C(OC)=C(\C=C\Cc1nc(N)nn1-c1cc(OCCc2ccccn2)ncn1)OC. The topological polar surface area (TPSA) is 123 Å². The van der Waals surface area contributed by atoms with Gasteiger partial charge in [0.15, 0.2) is 17.3 Å². The number of pyridine rings is 1. The van der Waals surface area contributed by atoms with Crippen LogP contribution in [0.25, 0.3) is 5.82 Å². The van der Waals surface area contributed by atoms with Gasteiger partial charge in [0, 0.05) is 30.8 Å². The Morgan fingerprint density at radius 1 is 1.09 bits per heavy atom. The molecule has 0 spiro atoms. The minimum Gasteiger partial charge on any atom is -0.493 e. The minimum atomic E-state index is 0.142. The predicted molar refractivity (Wildman–Crippen MR) is 123 cm³/mol. The van der Waals surface area contributed by atoms with Crippen LogP contribution in [-0.4, -0.2) is 50.5 Å². The van der Waals surface area contributed by atoms with Gasteiger partial charge in [-0.2, -0.15) is 9.67 Å². The summed E-state index contributed by atoms with van der Waals surface area (Å²) in [6.45, 7) is 2.34. The van der Waals surface area contributed by atoms with Crippen LogP contribution >= 0.6 is 0 Å². The zero-order valence-electron chi connectivity index (χ0n) is 18.9. The number of ether oxygens (including phenoxy) is 3. The average molecular weight is 450 g/mol. The molecule has 3 rings (SSSR count). The van der Waals surface area contributed by atoms with Crippen molar-refractivity contribution >= 4 is 5.95 Å². The number of nitrogens with two attached hydrogens (primary N) is 1. The molecule has 0 saturated carbocycles. The van der Waals surface area contributed by atoms with E-state index >= 15 is 0 Å². The van der Waals surface area contributed by atoms with Crippen molar-refractivity contribution in [2.75, 3.05) is 26.6 Å². The summed E-state index contributed by atoms with van der Waals surface area (Å²) in [5.41, 5.74) is 6.80. The largest absolute Gasteiger partial charge is 0.493 e. The monoisotopic (exact) mass is 449 g/mol. The number of allylic oxidation sites excluding steroid dienone is 4. The molecule has 33 heavy (non-hydrogen) atoms. The normalized spacial score (nSPS) is 12.2. The summed E-state index contributed by atoms with van der Waals surface area (Å²) < 4.78 is 18.1. The van der Waals surface area contributed by atoms with Gasteiger partial charge in [-0.25, -0.2) is 9.97 Å². The van der Waals surface area contributed by atoms with Crippen LogP contribution in [0.2, 0.25) is 0 Å². The van der Waals surface area contributed by atoms with Crippen LogP contribution in [0, 0.1) is 0 Å². The third-order valence-corrected chi connectivity index (χ3v) is 4.44. The minimum absolute atomic E-state index is 0.142. The Balaban J connectivity index is 1.72. The lowest BCUT2D eigenvalue weighted by atomic mass is 10.3. The first kappa shape index (κ1) is 23.5. The molecule has 0 unspecified atom stereocenters. The van der Waals surface area contributed by atoms with E-state index in [1.54, 1.807) is 37.2 Å². The zero-order valence-corrected chi connectivity index (χ0v) is 18.9. The number of methoxy groups -OCH3 is 2. The van der Waals surface area contributed by atoms with E-state index < -0.39 is 0 Å². The average Bonchev–Trinajstić information content (AvgIpc) is 3.22. The fourth-order valence-electron chi connectivity index (χ4n) is 2.93. The Kier molecular flexibility index (Phi) is 8.52. The molecule has 3 aromatic heterocycles. The van der Waals surface area contributed by atoms with E-state index in [9.17, 15) is 0 Å². The number of rotatable bonds is 11. The molecule has 0 aliphatic carbocycles. The number of hydrogen-bond acceptors (Lipinski definition) is 9. The summed E-state index contributed by atoms with van der Waals surface area (Å²) in [5, 5.41) is 4.26. The summed E-state index contributed by atoms with van der Waals surface area (Å²) in [4.78, 5) is 17.1. The number of nitrogens with zero attached hydrogens (tertiary/aromatic N) is 6. The first-order valence-electron chi connectivity index (χ1n) is 10.3. The van der Waals surface area contributed by atoms with Gasteiger partial charge in [0.2, 0.25) is 11.8 Å². The second-order valence-corrected chi connectivity index (χ2v) is 6.68. The molecule has 2 N–H and O–H groups in total. The smallest absolute Gasteiger partial charge is 0.240 e. The van der Waals surface area contributed by atoms with Gasteiger partial charge in [0.05, 0.1) is 20.8 Å². The molecule has 0 atom stereocenters. The van der Waals surface area contributed by atoms with E-state index in [1.165, 1.54) is 6.33 Å². The van der Waals surface area contributed by atoms with E-state index in [0.29, 0.717) is 48.5 Å². The van der Waals surface area contributed by atoms with Crippen molar-refractivity contribution in [1.29, 1.82) is 0 Å². The van der Waals surface area contributed by atoms with Gasteiger partial charge in [0.1, 0.15) is 12.2 Å². The zero-order chi connectivity index (χ0) is 23.5. The summed E-state index contributed by atoms with van der Waals surface area (Å²) in [6.07, 6.45) is 11.6. The lowest BCUT2D eigenvalue weighted by Crippen LogP contribution is -2.08. The Morgan fingerprint density at radius 3 is 2.64 bits per heavy atom. The van der Waals surface area contributed by atoms with Gasteiger partial charge >= 0.3 is 0 Å². The summed E-state index contributed by atoms with van der Waals surface area (Å²) in [7, 11) is 3.17. The van der Waals surface area contributed by atoms with Crippen molar-refractivity contribution in [2.45, 2.75) is 19.8 Å². The maximum absolute atomic E-state index is 5.85. The van der Waals surface area contributed by atoms with Gasteiger partial charge < -0.3 is 19.9 Å². The highest BCUT2D eigenvalue weighted by Crippen LogP contribution is 2.15. The lowest BCUT2D eigenvalue weighted by molar-refractivity contribution is 0.241. The molecule has 3 heterocycles. The van der Waals surface area contributed by atoms with Gasteiger partial charge in [-0.15, -0.1) is 5.10 Å². The quantitative estimate of drug-likeness (QED) is 0.348. The van der Waals surface area contributed by atoms with Crippen LogP contribution in [-0.2, 0) is 22.3 Å². The van der Waals surface area contributed by atoms with Crippen LogP contribution < -0.4 is 10.5 Å². The van der Waals surface area contributed by atoms with Gasteiger partial charge in [0.25, 0.3) is 0 Å². The number of aromatic nitrogens is 6. The number of nitrogen functional groups attached to an aromatic ring is 1. The summed E-state index contributed by atoms with van der Waals surface area (Å²) >= 11 is 0. The highest BCUT2D eigenvalue weighted by Gasteiger charge is 2.12.